The van der Waals surface area contributed by atoms with E-state index in [0.717, 1.165) is 37.6 Å². The summed E-state index contributed by atoms with van der Waals surface area (Å²) < 4.78 is 4.64. The fourth-order valence-electron chi connectivity index (χ4n) is 5.35. The fourth-order valence-corrected chi connectivity index (χ4v) is 5.35. The Kier molecular flexibility index (Phi) is 9.45. The van der Waals surface area contributed by atoms with Crippen molar-refractivity contribution in [1.29, 1.82) is 0 Å². The molecular weight excluding hydrogens is 512 g/mol. The average Bonchev–Trinajstić information content (AvgIpc) is 3.06. The smallest absolute Gasteiger partial charge is 0.205 e. The van der Waals surface area contributed by atoms with Crippen LogP contribution in [-0.4, -0.2) is 47.8 Å². The highest BCUT2D eigenvalue weighted by Crippen LogP contribution is 2.28. The van der Waals surface area contributed by atoms with Gasteiger partial charge in [0.2, 0.25) is 17.1 Å². The second-order valence-electron chi connectivity index (χ2n) is 10.7. The van der Waals surface area contributed by atoms with Crippen molar-refractivity contribution in [1.82, 2.24) is 0 Å². The van der Waals surface area contributed by atoms with E-state index < -0.39 is 0 Å². The van der Waals surface area contributed by atoms with Gasteiger partial charge in [-0.05, 0) is 55.8 Å². The molecule has 0 heterocycles. The largest absolute Gasteiger partial charge is 0.367 e. The Hall–Kier alpha value is -4.70. The lowest BCUT2D eigenvalue weighted by Crippen LogP contribution is -2.22. The molecule has 4 heteroatoms. The molecule has 4 aromatic carbocycles. The Bertz CT molecular complexity index is 1560. The second kappa shape index (κ2) is 13.8. The monoisotopic (exact) mass is 554 g/mol. The maximum absolute atomic E-state index is 2.40. The van der Waals surface area contributed by atoms with Crippen LogP contribution in [-0.2, 0) is 13.1 Å². The van der Waals surface area contributed by atoms with Crippen molar-refractivity contribution in [3.8, 4) is 0 Å². The number of hydrogen-bond acceptors (Lipinski definition) is 2. The van der Waals surface area contributed by atoms with E-state index in [-0.39, 0.29) is 0 Å². The lowest BCUT2D eigenvalue weighted by atomic mass is 10.1. The van der Waals surface area contributed by atoms with Crippen molar-refractivity contribution < 1.29 is 9.15 Å². The van der Waals surface area contributed by atoms with Crippen LogP contribution >= 0.6 is 0 Å². The lowest BCUT2D eigenvalue weighted by Gasteiger charge is -2.25. The summed E-state index contributed by atoms with van der Waals surface area (Å²) in [7, 11) is 4.26. The van der Waals surface area contributed by atoms with Crippen molar-refractivity contribution in [3.05, 3.63) is 145 Å². The number of allylic oxidation sites excluding steroid dienone is 4. The second-order valence-corrected chi connectivity index (χ2v) is 10.7. The first-order valence-electron chi connectivity index (χ1n) is 14.9. The summed E-state index contributed by atoms with van der Waals surface area (Å²) in [5.41, 5.74) is 9.79. The summed E-state index contributed by atoms with van der Waals surface area (Å²) >= 11 is 0. The third-order valence-electron chi connectivity index (χ3n) is 8.02. The van der Waals surface area contributed by atoms with Crippen LogP contribution < -0.4 is 9.80 Å². The van der Waals surface area contributed by atoms with Crippen LogP contribution in [0.1, 0.15) is 25.0 Å². The maximum atomic E-state index is 2.40. The van der Waals surface area contributed by atoms with E-state index in [9.17, 15) is 0 Å². The molecule has 0 N–H and O–H groups in total. The predicted octanol–water partition coefficient (Wildman–Crippen LogP) is 8.00. The van der Waals surface area contributed by atoms with Gasteiger partial charge in [0.05, 0.1) is 0 Å². The maximum Gasteiger partial charge on any atom is 0.205 e. The van der Waals surface area contributed by atoms with Gasteiger partial charge in [-0.15, -0.1) is 0 Å². The Morgan fingerprint density at radius 1 is 0.571 bits per heavy atom. The zero-order valence-corrected chi connectivity index (χ0v) is 25.3. The van der Waals surface area contributed by atoms with Crippen molar-refractivity contribution in [2.45, 2.75) is 26.9 Å². The molecule has 0 saturated carbocycles. The van der Waals surface area contributed by atoms with E-state index in [1.807, 2.05) is 0 Å². The number of hydrogen-bond donors (Lipinski definition) is 0. The van der Waals surface area contributed by atoms with Crippen LogP contribution in [0, 0.1) is 0 Å². The summed E-state index contributed by atoms with van der Waals surface area (Å²) in [4.78, 5) is 4.64. The van der Waals surface area contributed by atoms with E-state index in [0.29, 0.717) is 0 Å². The normalized spacial score (nSPS) is 12.4. The summed E-state index contributed by atoms with van der Waals surface area (Å²) in [5.74, 6) is 0. The Balaban J connectivity index is 1.26. The zero-order valence-electron chi connectivity index (χ0n) is 25.3. The predicted molar refractivity (Wildman–Crippen MR) is 179 cm³/mol. The number of nitrogens with zero attached hydrogens (tertiary/aromatic N) is 4. The van der Waals surface area contributed by atoms with Crippen LogP contribution in [0.5, 0.6) is 0 Å². The van der Waals surface area contributed by atoms with Gasteiger partial charge in [-0.2, -0.15) is 4.58 Å². The molecule has 0 spiro atoms. The van der Waals surface area contributed by atoms with Crippen LogP contribution in [0.4, 0.5) is 22.7 Å². The average molecular weight is 555 g/mol. The highest BCUT2D eigenvalue weighted by Gasteiger charge is 2.17. The highest BCUT2D eigenvalue weighted by atomic mass is 15.1. The molecule has 0 bridgehead atoms. The Labute approximate surface area is 251 Å². The molecule has 212 valence electrons. The van der Waals surface area contributed by atoms with Crippen molar-refractivity contribution in [3.63, 3.8) is 0 Å². The molecule has 0 unspecified atom stereocenters. The van der Waals surface area contributed by atoms with Crippen LogP contribution in [0.25, 0.3) is 0 Å². The van der Waals surface area contributed by atoms with Gasteiger partial charge in [-0.3, -0.25) is 0 Å². The number of benzene rings is 4. The van der Waals surface area contributed by atoms with Crippen LogP contribution in [0.2, 0.25) is 0 Å². The van der Waals surface area contributed by atoms with E-state index in [4.69, 9.17) is 0 Å². The molecule has 0 radical (unpaired) electrons. The first-order valence-corrected chi connectivity index (χ1v) is 14.9. The van der Waals surface area contributed by atoms with Gasteiger partial charge in [0, 0.05) is 79.2 Å². The molecule has 0 amide bonds. The number of rotatable bonds is 10. The third kappa shape index (κ3) is 6.95. The summed E-state index contributed by atoms with van der Waals surface area (Å²) in [6, 6.07) is 39.0. The molecule has 4 aromatic rings. The molecule has 5 rings (SSSR count). The van der Waals surface area contributed by atoms with E-state index in [2.05, 4.69) is 180 Å². The zero-order chi connectivity index (χ0) is 29.3. The van der Waals surface area contributed by atoms with Gasteiger partial charge in [0.15, 0.2) is 6.54 Å². The molecule has 42 heavy (non-hydrogen) atoms. The van der Waals surface area contributed by atoms with Crippen molar-refractivity contribution in [2.24, 2.45) is 0 Å². The first-order chi connectivity index (χ1) is 20.6. The van der Waals surface area contributed by atoms with Crippen molar-refractivity contribution >= 4 is 34.2 Å². The topological polar surface area (TPSA) is 12.5 Å². The summed E-state index contributed by atoms with van der Waals surface area (Å²) in [6.45, 7) is 8.17. The minimum Gasteiger partial charge on any atom is -0.367 e. The Morgan fingerprint density at radius 3 is 1.62 bits per heavy atom. The van der Waals surface area contributed by atoms with Gasteiger partial charge in [-0.1, -0.05) is 60.7 Å². The number of anilines is 3. The molecular formula is C38H42N4+2. The summed E-state index contributed by atoms with van der Waals surface area (Å²) in [5, 5.41) is 0. The molecule has 1 aliphatic rings. The fraction of sp³-hybridized carbons (Fsp3) is 0.211. The molecule has 0 fully saturated rings. The minimum absolute atomic E-state index is 0.911. The SMILES string of the molecule is CCN(Cc1ccccc1)c1ccc(N(C)c2ccc([N+](C)=C3C=CC(=[N+](CC)Cc4ccccc4)C=C3)cc2)cc1. The first kappa shape index (κ1) is 28.8. The minimum atomic E-state index is 0.911. The quantitative estimate of drug-likeness (QED) is 0.145. The van der Waals surface area contributed by atoms with Crippen LogP contribution in [0.15, 0.2) is 133 Å². The van der Waals surface area contributed by atoms with Gasteiger partial charge in [-0.25, -0.2) is 4.58 Å². The van der Waals surface area contributed by atoms with Gasteiger partial charge >= 0.3 is 0 Å². The van der Waals surface area contributed by atoms with E-state index in [1.165, 1.54) is 33.9 Å². The molecule has 0 saturated heterocycles. The molecule has 0 aromatic heterocycles. The van der Waals surface area contributed by atoms with Gasteiger partial charge < -0.3 is 9.80 Å². The van der Waals surface area contributed by atoms with Gasteiger partial charge in [0.25, 0.3) is 0 Å². The van der Waals surface area contributed by atoms with Crippen molar-refractivity contribution in [2.75, 3.05) is 37.0 Å². The molecule has 4 nitrogen and oxygen atoms in total. The third-order valence-corrected chi connectivity index (χ3v) is 8.02. The standard InChI is InChI=1S/C38H42N4/c1-5-41(29-31-13-9-7-10-14-31)37-25-21-35(22-26-37)39(3)33-17-19-34(20-18-33)40(4)36-23-27-38(28-24-36)42(6-2)30-32-15-11-8-12-16-32/h7-28H,5-6,29-30H2,1-4H3/q+2. The van der Waals surface area contributed by atoms with E-state index >= 15 is 0 Å². The molecule has 0 aliphatic heterocycles. The van der Waals surface area contributed by atoms with Gasteiger partial charge in [0.1, 0.15) is 13.6 Å². The van der Waals surface area contributed by atoms with Crippen LogP contribution in [0.3, 0.4) is 0 Å². The Morgan fingerprint density at radius 2 is 1.07 bits per heavy atom. The lowest BCUT2D eigenvalue weighted by molar-refractivity contribution is -0.539. The van der Waals surface area contributed by atoms with E-state index in [1.54, 1.807) is 0 Å². The molecule has 0 atom stereocenters. The summed E-state index contributed by atoms with van der Waals surface area (Å²) in [6.07, 6.45) is 8.87. The highest BCUT2D eigenvalue weighted by molar-refractivity contribution is 6.15. The molecule has 1 aliphatic carbocycles.